The average molecular weight is 310 g/mol. The van der Waals surface area contributed by atoms with Crippen molar-refractivity contribution in [3.8, 4) is 0 Å². The molecule has 7 heteroatoms. The van der Waals surface area contributed by atoms with Crippen LogP contribution in [0.25, 0.3) is 0 Å². The van der Waals surface area contributed by atoms with Crippen molar-refractivity contribution in [1.29, 1.82) is 0 Å². The Labute approximate surface area is 117 Å². The Bertz CT molecular complexity index is 505. The lowest BCUT2D eigenvalue weighted by Gasteiger charge is -2.11. The smallest absolute Gasteiger partial charge is 0.240 e. The van der Waals surface area contributed by atoms with Crippen LogP contribution in [-0.2, 0) is 16.6 Å². The van der Waals surface area contributed by atoms with E-state index in [1.54, 1.807) is 11.8 Å². The molecule has 2 N–H and O–H groups in total. The summed E-state index contributed by atoms with van der Waals surface area (Å²) in [5.74, 6) is 0. The predicted molar refractivity (Wildman–Crippen MR) is 75.5 cm³/mol. The van der Waals surface area contributed by atoms with E-state index in [0.717, 1.165) is 0 Å². The SMILES string of the molecule is CSC(C)CNS(=O)(=O)c1ccc(CO)c(Cl)c1. The zero-order chi connectivity index (χ0) is 13.8. The lowest BCUT2D eigenvalue weighted by molar-refractivity contribution is 0.282. The van der Waals surface area contributed by atoms with Crippen molar-refractivity contribution in [2.24, 2.45) is 0 Å². The summed E-state index contributed by atoms with van der Waals surface area (Å²) >= 11 is 7.45. The Balaban J connectivity index is 2.88. The van der Waals surface area contributed by atoms with Gasteiger partial charge in [-0.2, -0.15) is 11.8 Å². The van der Waals surface area contributed by atoms with Crippen molar-refractivity contribution in [3.63, 3.8) is 0 Å². The number of thioether (sulfide) groups is 1. The zero-order valence-corrected chi connectivity index (χ0v) is 12.6. The minimum absolute atomic E-state index is 0.109. The molecule has 0 heterocycles. The molecule has 0 aliphatic carbocycles. The molecule has 0 aromatic heterocycles. The third-order valence-corrected chi connectivity index (χ3v) is 5.21. The maximum absolute atomic E-state index is 12.0. The van der Waals surface area contributed by atoms with Crippen molar-refractivity contribution in [3.05, 3.63) is 28.8 Å². The monoisotopic (exact) mass is 309 g/mol. The molecule has 0 spiro atoms. The molecule has 4 nitrogen and oxygen atoms in total. The third kappa shape index (κ3) is 4.13. The van der Waals surface area contributed by atoms with Gasteiger partial charge in [0.25, 0.3) is 0 Å². The molecule has 18 heavy (non-hydrogen) atoms. The third-order valence-electron chi connectivity index (χ3n) is 2.47. The fourth-order valence-electron chi connectivity index (χ4n) is 1.22. The van der Waals surface area contributed by atoms with E-state index < -0.39 is 10.0 Å². The molecule has 0 aliphatic rings. The Morgan fingerprint density at radius 2 is 2.17 bits per heavy atom. The molecule has 1 aromatic carbocycles. The first-order valence-corrected chi connectivity index (χ1v) is 8.47. The van der Waals surface area contributed by atoms with Crippen LogP contribution in [0.4, 0.5) is 0 Å². The number of aliphatic hydroxyl groups is 1. The molecule has 1 rings (SSSR count). The number of sulfonamides is 1. The van der Waals surface area contributed by atoms with Crippen molar-refractivity contribution in [2.75, 3.05) is 12.8 Å². The van der Waals surface area contributed by atoms with Crippen molar-refractivity contribution in [1.82, 2.24) is 4.72 Å². The van der Waals surface area contributed by atoms with Gasteiger partial charge in [0.15, 0.2) is 0 Å². The number of halogens is 1. The highest BCUT2D eigenvalue weighted by Crippen LogP contribution is 2.20. The van der Waals surface area contributed by atoms with Crippen LogP contribution in [0.1, 0.15) is 12.5 Å². The van der Waals surface area contributed by atoms with Crippen LogP contribution in [0.15, 0.2) is 23.1 Å². The first kappa shape index (κ1) is 15.8. The van der Waals surface area contributed by atoms with E-state index in [9.17, 15) is 8.42 Å². The summed E-state index contributed by atoms with van der Waals surface area (Å²) in [4.78, 5) is 0.109. The van der Waals surface area contributed by atoms with Gasteiger partial charge in [-0.15, -0.1) is 0 Å². The average Bonchev–Trinajstić information content (AvgIpc) is 2.35. The molecule has 0 radical (unpaired) electrons. The summed E-state index contributed by atoms with van der Waals surface area (Å²) in [5.41, 5.74) is 0.507. The topological polar surface area (TPSA) is 66.4 Å². The molecule has 0 aliphatic heterocycles. The summed E-state index contributed by atoms with van der Waals surface area (Å²) < 4.78 is 26.4. The van der Waals surface area contributed by atoms with E-state index in [2.05, 4.69) is 4.72 Å². The molecular formula is C11H16ClNO3S2. The Morgan fingerprint density at radius 3 is 2.67 bits per heavy atom. The number of hydrogen-bond acceptors (Lipinski definition) is 4. The van der Waals surface area contributed by atoms with Crippen LogP contribution in [0.2, 0.25) is 5.02 Å². The van der Waals surface area contributed by atoms with Crippen LogP contribution < -0.4 is 4.72 Å². The molecule has 1 unspecified atom stereocenters. The van der Waals surface area contributed by atoms with E-state index >= 15 is 0 Å². The maximum atomic E-state index is 12.0. The highest BCUT2D eigenvalue weighted by Gasteiger charge is 2.16. The van der Waals surface area contributed by atoms with Crippen LogP contribution in [0.5, 0.6) is 0 Å². The molecule has 1 aromatic rings. The second kappa shape index (κ2) is 6.77. The number of hydrogen-bond donors (Lipinski definition) is 2. The highest BCUT2D eigenvalue weighted by atomic mass is 35.5. The summed E-state index contributed by atoms with van der Waals surface area (Å²) in [6, 6.07) is 4.29. The van der Waals surface area contributed by atoms with Gasteiger partial charge in [-0.3, -0.25) is 0 Å². The maximum Gasteiger partial charge on any atom is 0.240 e. The van der Waals surface area contributed by atoms with Crippen LogP contribution in [0.3, 0.4) is 0 Å². The molecule has 1 atom stereocenters. The minimum atomic E-state index is -3.54. The zero-order valence-electron chi connectivity index (χ0n) is 10.2. The summed E-state index contributed by atoms with van der Waals surface area (Å²) in [6.07, 6.45) is 1.92. The fourth-order valence-corrected chi connectivity index (χ4v) is 3.03. The van der Waals surface area contributed by atoms with Crippen molar-refractivity contribution in [2.45, 2.75) is 23.7 Å². The molecular weight excluding hydrogens is 294 g/mol. The van der Waals surface area contributed by atoms with E-state index in [4.69, 9.17) is 16.7 Å². The standard InChI is InChI=1S/C11H16ClNO3S2/c1-8(17-2)6-13-18(15,16)10-4-3-9(7-14)11(12)5-10/h3-5,8,13-14H,6-7H2,1-2H3. The molecule has 0 bridgehead atoms. The second-order valence-electron chi connectivity index (χ2n) is 3.81. The fraction of sp³-hybridized carbons (Fsp3) is 0.455. The lowest BCUT2D eigenvalue weighted by atomic mass is 10.2. The Kier molecular flexibility index (Phi) is 5.94. The van der Waals surface area contributed by atoms with Crippen LogP contribution >= 0.6 is 23.4 Å². The van der Waals surface area contributed by atoms with Crippen molar-refractivity contribution >= 4 is 33.4 Å². The van der Waals surface area contributed by atoms with E-state index in [0.29, 0.717) is 12.1 Å². The van der Waals surface area contributed by atoms with Crippen molar-refractivity contribution < 1.29 is 13.5 Å². The lowest BCUT2D eigenvalue weighted by Crippen LogP contribution is -2.29. The van der Waals surface area contributed by atoms with E-state index in [1.165, 1.54) is 18.2 Å². The number of rotatable bonds is 6. The van der Waals surface area contributed by atoms with Gasteiger partial charge in [0.1, 0.15) is 0 Å². The van der Waals surface area contributed by atoms with E-state index in [1.807, 2.05) is 13.2 Å². The first-order chi connectivity index (χ1) is 8.40. The molecule has 0 saturated heterocycles. The van der Waals surface area contributed by atoms with Gasteiger partial charge in [-0.1, -0.05) is 24.6 Å². The summed E-state index contributed by atoms with van der Waals surface area (Å²) in [6.45, 7) is 2.09. The number of aliphatic hydroxyl groups excluding tert-OH is 1. The van der Waals surface area contributed by atoms with Gasteiger partial charge >= 0.3 is 0 Å². The van der Waals surface area contributed by atoms with Gasteiger partial charge in [0.05, 0.1) is 11.5 Å². The predicted octanol–water partition coefficient (Wildman–Crippen LogP) is 1.86. The summed E-state index contributed by atoms with van der Waals surface area (Å²) in [7, 11) is -3.54. The van der Waals surface area contributed by atoms with E-state index in [-0.39, 0.29) is 21.8 Å². The van der Waals surface area contributed by atoms with Gasteiger partial charge in [0, 0.05) is 16.8 Å². The van der Waals surface area contributed by atoms with Gasteiger partial charge < -0.3 is 5.11 Å². The minimum Gasteiger partial charge on any atom is -0.392 e. The Hall–Kier alpha value is -0.270. The molecule has 102 valence electrons. The normalized spacial score (nSPS) is 13.6. The largest absolute Gasteiger partial charge is 0.392 e. The quantitative estimate of drug-likeness (QED) is 0.842. The number of benzene rings is 1. The Morgan fingerprint density at radius 1 is 1.50 bits per heavy atom. The van der Waals surface area contributed by atoms with Gasteiger partial charge in [-0.05, 0) is 24.0 Å². The van der Waals surface area contributed by atoms with Crippen LogP contribution in [0, 0.1) is 0 Å². The molecule has 0 amide bonds. The second-order valence-corrected chi connectivity index (χ2v) is 7.26. The highest BCUT2D eigenvalue weighted by molar-refractivity contribution is 7.99. The van der Waals surface area contributed by atoms with Crippen LogP contribution in [-0.4, -0.2) is 31.6 Å². The summed E-state index contributed by atoms with van der Waals surface area (Å²) in [5, 5.41) is 9.42. The first-order valence-electron chi connectivity index (χ1n) is 5.32. The van der Waals surface area contributed by atoms with Gasteiger partial charge in [-0.25, -0.2) is 13.1 Å². The number of nitrogens with one attached hydrogen (secondary N) is 1. The molecule has 0 saturated carbocycles. The van der Waals surface area contributed by atoms with Gasteiger partial charge in [0.2, 0.25) is 10.0 Å². The molecule has 0 fully saturated rings.